The first kappa shape index (κ1) is 14.0. The number of hydrogen-bond acceptors (Lipinski definition) is 3. The van der Waals surface area contributed by atoms with Crippen LogP contribution in [0.3, 0.4) is 0 Å². The highest BCUT2D eigenvalue weighted by atomic mass is 16.5. The van der Waals surface area contributed by atoms with E-state index in [2.05, 4.69) is 5.32 Å². The number of amides is 2. The summed E-state index contributed by atoms with van der Waals surface area (Å²) in [4.78, 5) is 25.4. The molecule has 5 nitrogen and oxygen atoms in total. The lowest BCUT2D eigenvalue weighted by Crippen LogP contribution is -2.52. The second-order valence-corrected chi connectivity index (χ2v) is 4.38. The molecule has 2 atom stereocenters. The summed E-state index contributed by atoms with van der Waals surface area (Å²) >= 11 is 0. The molecule has 0 unspecified atom stereocenters. The lowest BCUT2D eigenvalue weighted by atomic mass is 10.1. The monoisotopic (exact) mass is 242 g/mol. The summed E-state index contributed by atoms with van der Waals surface area (Å²) in [7, 11) is 1.54. The third-order valence-electron chi connectivity index (χ3n) is 3.21. The van der Waals surface area contributed by atoms with Crippen LogP contribution in [0, 0.1) is 0 Å². The maximum absolute atomic E-state index is 11.9. The fraction of sp³-hybridized carbons (Fsp3) is 0.833. The molecule has 0 aromatic rings. The first-order valence-corrected chi connectivity index (χ1v) is 6.21. The normalized spacial score (nSPS) is 18.9. The zero-order valence-corrected chi connectivity index (χ0v) is 10.9. The number of methoxy groups -OCH3 is 1. The Bertz CT molecular complexity index is 275. The molecule has 0 aromatic heterocycles. The van der Waals surface area contributed by atoms with Gasteiger partial charge in [0.25, 0.3) is 0 Å². The minimum absolute atomic E-state index is 0.00639. The minimum Gasteiger partial charge on any atom is -0.379 e. The summed E-state index contributed by atoms with van der Waals surface area (Å²) in [6, 6.07) is -0.698. The summed E-state index contributed by atoms with van der Waals surface area (Å²) in [6.07, 6.45) is 2.19. The van der Waals surface area contributed by atoms with Crippen molar-refractivity contribution in [3.63, 3.8) is 0 Å². The molecule has 0 spiro atoms. The third kappa shape index (κ3) is 3.70. The fourth-order valence-corrected chi connectivity index (χ4v) is 1.96. The van der Waals surface area contributed by atoms with E-state index < -0.39 is 6.04 Å². The van der Waals surface area contributed by atoms with Crippen LogP contribution in [0.25, 0.3) is 0 Å². The molecule has 0 radical (unpaired) electrons. The largest absolute Gasteiger partial charge is 0.379 e. The number of Topliss-reactive ketones (excluding diaryl/α,β-unsaturated/α-hetero) is 1. The highest BCUT2D eigenvalue weighted by molar-refractivity contribution is 5.89. The van der Waals surface area contributed by atoms with Crippen LogP contribution >= 0.6 is 0 Å². The lowest BCUT2D eigenvalue weighted by molar-refractivity contribution is -0.123. The smallest absolute Gasteiger partial charge is 0.318 e. The number of likely N-dealkylation sites (tertiary alicyclic amines) is 1. The topological polar surface area (TPSA) is 58.6 Å². The number of urea groups is 1. The van der Waals surface area contributed by atoms with Crippen LogP contribution in [-0.4, -0.2) is 49.1 Å². The first-order valence-electron chi connectivity index (χ1n) is 6.21. The molecule has 0 aromatic carbocycles. The molecule has 2 amide bonds. The van der Waals surface area contributed by atoms with Gasteiger partial charge in [0.1, 0.15) is 6.04 Å². The Morgan fingerprint density at radius 2 is 1.94 bits per heavy atom. The van der Waals surface area contributed by atoms with Crippen LogP contribution in [0.5, 0.6) is 0 Å². The number of carbonyl (C=O) groups is 2. The highest BCUT2D eigenvalue weighted by Crippen LogP contribution is 2.09. The quantitative estimate of drug-likeness (QED) is 0.787. The Balaban J connectivity index is 2.58. The van der Waals surface area contributed by atoms with E-state index in [1.54, 1.807) is 25.9 Å². The van der Waals surface area contributed by atoms with Crippen LogP contribution in [-0.2, 0) is 9.53 Å². The van der Waals surface area contributed by atoms with Crippen molar-refractivity contribution >= 4 is 11.8 Å². The van der Waals surface area contributed by atoms with E-state index in [9.17, 15) is 9.59 Å². The Labute approximate surface area is 102 Å². The van der Waals surface area contributed by atoms with E-state index >= 15 is 0 Å². The molecule has 0 saturated carbocycles. The molecule has 0 bridgehead atoms. The van der Waals surface area contributed by atoms with Crippen molar-refractivity contribution in [1.29, 1.82) is 0 Å². The molecular weight excluding hydrogens is 220 g/mol. The van der Waals surface area contributed by atoms with Crippen molar-refractivity contribution in [1.82, 2.24) is 10.2 Å². The molecule has 1 saturated heterocycles. The molecule has 1 aliphatic heterocycles. The van der Waals surface area contributed by atoms with Gasteiger partial charge < -0.3 is 15.0 Å². The van der Waals surface area contributed by atoms with Gasteiger partial charge in [-0.05, 0) is 19.8 Å². The van der Waals surface area contributed by atoms with Crippen molar-refractivity contribution in [2.45, 2.75) is 45.3 Å². The lowest BCUT2D eigenvalue weighted by Gasteiger charge is -2.25. The van der Waals surface area contributed by atoms with Gasteiger partial charge in [0.2, 0.25) is 0 Å². The fourth-order valence-electron chi connectivity index (χ4n) is 1.96. The Morgan fingerprint density at radius 3 is 2.41 bits per heavy atom. The van der Waals surface area contributed by atoms with Crippen molar-refractivity contribution in [3.8, 4) is 0 Å². The number of carbonyl (C=O) groups excluding carboxylic acids is 2. The van der Waals surface area contributed by atoms with Crippen molar-refractivity contribution in [3.05, 3.63) is 0 Å². The zero-order chi connectivity index (χ0) is 12.8. The first-order chi connectivity index (χ1) is 8.10. The van der Waals surface area contributed by atoms with Gasteiger partial charge in [-0.1, -0.05) is 6.92 Å². The molecule has 5 heteroatoms. The van der Waals surface area contributed by atoms with E-state index in [4.69, 9.17) is 4.74 Å². The van der Waals surface area contributed by atoms with Crippen LogP contribution in [0.4, 0.5) is 4.79 Å². The zero-order valence-electron chi connectivity index (χ0n) is 10.9. The van der Waals surface area contributed by atoms with Gasteiger partial charge in [-0.15, -0.1) is 0 Å². The van der Waals surface area contributed by atoms with E-state index in [0.717, 1.165) is 25.9 Å². The molecule has 1 heterocycles. The Morgan fingerprint density at radius 1 is 1.35 bits per heavy atom. The number of hydrogen-bond donors (Lipinski definition) is 1. The van der Waals surface area contributed by atoms with E-state index in [-0.39, 0.29) is 17.9 Å². The summed E-state index contributed by atoms with van der Waals surface area (Å²) in [6.45, 7) is 5.14. The maximum atomic E-state index is 11.9. The number of ketones is 1. The molecule has 98 valence electrons. The summed E-state index contributed by atoms with van der Waals surface area (Å²) in [5.41, 5.74) is 0. The van der Waals surface area contributed by atoms with E-state index in [1.165, 1.54) is 0 Å². The molecule has 1 rings (SSSR count). The standard InChI is InChI=1S/C12H22N2O3/c1-4-10(15)11(9(2)17-3)13-12(16)14-7-5-6-8-14/h9,11H,4-8H2,1-3H3,(H,13,16)/t9-,11+/m1/s1. The highest BCUT2D eigenvalue weighted by Gasteiger charge is 2.28. The van der Waals surface area contributed by atoms with Crippen molar-refractivity contribution in [2.75, 3.05) is 20.2 Å². The SMILES string of the molecule is CCC(=O)[C@@H](NC(=O)N1CCCC1)[C@@H](C)OC. The van der Waals surface area contributed by atoms with Crippen LogP contribution in [0.2, 0.25) is 0 Å². The molecule has 1 fully saturated rings. The molecular formula is C12H22N2O3. The predicted molar refractivity (Wildman–Crippen MR) is 64.9 cm³/mol. The molecule has 1 aliphatic rings. The number of rotatable bonds is 5. The predicted octanol–water partition coefficient (Wildman–Crippen LogP) is 1.17. The molecule has 1 N–H and O–H groups in total. The van der Waals surface area contributed by atoms with Crippen LogP contribution in [0.15, 0.2) is 0 Å². The molecule has 17 heavy (non-hydrogen) atoms. The van der Waals surface area contributed by atoms with Crippen molar-refractivity contribution < 1.29 is 14.3 Å². The number of nitrogens with zero attached hydrogens (tertiary/aromatic N) is 1. The van der Waals surface area contributed by atoms with Gasteiger partial charge in [-0.2, -0.15) is 0 Å². The average Bonchev–Trinajstić information content (AvgIpc) is 2.87. The summed E-state index contributed by atoms with van der Waals surface area (Å²) in [5.74, 6) is 0.00639. The van der Waals surface area contributed by atoms with Gasteiger partial charge in [0, 0.05) is 26.6 Å². The van der Waals surface area contributed by atoms with Crippen molar-refractivity contribution in [2.24, 2.45) is 0 Å². The second-order valence-electron chi connectivity index (χ2n) is 4.38. The maximum Gasteiger partial charge on any atom is 0.318 e. The van der Waals surface area contributed by atoms with Gasteiger partial charge in [0.05, 0.1) is 6.10 Å². The number of nitrogens with one attached hydrogen (secondary N) is 1. The third-order valence-corrected chi connectivity index (χ3v) is 3.21. The number of ether oxygens (including phenoxy) is 1. The van der Waals surface area contributed by atoms with Gasteiger partial charge in [-0.25, -0.2) is 4.79 Å². The summed E-state index contributed by atoms with van der Waals surface area (Å²) < 4.78 is 5.14. The van der Waals surface area contributed by atoms with Crippen LogP contribution in [0.1, 0.15) is 33.1 Å². The molecule has 0 aliphatic carbocycles. The van der Waals surface area contributed by atoms with E-state index in [0.29, 0.717) is 6.42 Å². The van der Waals surface area contributed by atoms with Crippen LogP contribution < -0.4 is 5.32 Å². The van der Waals surface area contributed by atoms with E-state index in [1.807, 2.05) is 0 Å². The van der Waals surface area contributed by atoms with Gasteiger partial charge >= 0.3 is 6.03 Å². The summed E-state index contributed by atoms with van der Waals surface area (Å²) in [5, 5.41) is 2.77. The Kier molecular flexibility index (Phi) is 5.41. The minimum atomic E-state index is -0.543. The van der Waals surface area contributed by atoms with Gasteiger partial charge in [0.15, 0.2) is 5.78 Å². The van der Waals surface area contributed by atoms with Gasteiger partial charge in [-0.3, -0.25) is 4.79 Å². The average molecular weight is 242 g/mol. The second kappa shape index (κ2) is 6.59. The Hall–Kier alpha value is -1.10.